The number of hydrogen-bond donors (Lipinski definition) is 2. The number of rotatable bonds is 5. The Morgan fingerprint density at radius 1 is 1.10 bits per heavy atom. The van der Waals surface area contributed by atoms with Gasteiger partial charge in [-0.25, -0.2) is 4.79 Å². The Morgan fingerprint density at radius 3 is 2.05 bits per heavy atom. The molecule has 0 saturated heterocycles. The molecule has 0 aliphatic rings. The topological polar surface area (TPSA) is 101 Å². The fourth-order valence-electron chi connectivity index (χ4n) is 1.73. The Labute approximate surface area is 122 Å². The molecule has 2 amide bonds. The summed E-state index contributed by atoms with van der Waals surface area (Å²) in [5.41, 5.74) is 6.58. The van der Waals surface area contributed by atoms with Crippen LogP contribution in [0.3, 0.4) is 0 Å². The Bertz CT molecular complexity index is 603. The van der Waals surface area contributed by atoms with Crippen molar-refractivity contribution in [3.8, 4) is 0 Å². The van der Waals surface area contributed by atoms with Crippen LogP contribution in [0.15, 0.2) is 35.4 Å². The Morgan fingerprint density at radius 2 is 1.62 bits per heavy atom. The second-order valence-electron chi connectivity index (χ2n) is 4.78. The quantitative estimate of drug-likeness (QED) is 0.795. The number of aliphatic carboxylic acids is 1. The number of benzene rings is 1. The third-order valence-electron chi connectivity index (χ3n) is 3.21. The third-order valence-corrected chi connectivity index (χ3v) is 3.21. The van der Waals surface area contributed by atoms with Crippen molar-refractivity contribution >= 4 is 17.8 Å². The molecule has 0 saturated carbocycles. The minimum absolute atomic E-state index is 0.0240. The van der Waals surface area contributed by atoms with E-state index in [1.54, 1.807) is 31.3 Å². The minimum Gasteiger partial charge on any atom is -0.478 e. The second kappa shape index (κ2) is 6.69. The van der Waals surface area contributed by atoms with Crippen LogP contribution >= 0.6 is 0 Å². The molecule has 0 radical (unpaired) electrons. The molecule has 112 valence electrons. The molecular weight excluding hydrogens is 272 g/mol. The lowest BCUT2D eigenvalue weighted by molar-refractivity contribution is -0.133. The van der Waals surface area contributed by atoms with Crippen LogP contribution in [0, 0.1) is 0 Å². The van der Waals surface area contributed by atoms with E-state index in [1.807, 2.05) is 0 Å². The van der Waals surface area contributed by atoms with Gasteiger partial charge in [0, 0.05) is 30.3 Å². The van der Waals surface area contributed by atoms with Crippen molar-refractivity contribution in [1.29, 1.82) is 0 Å². The molecule has 3 N–H and O–H groups in total. The molecule has 1 aromatic rings. The van der Waals surface area contributed by atoms with Crippen molar-refractivity contribution in [3.05, 3.63) is 46.5 Å². The number of carbonyl (C=O) groups excluding carboxylic acids is 2. The first kappa shape index (κ1) is 16.4. The van der Waals surface area contributed by atoms with Crippen LogP contribution in [0.1, 0.15) is 29.8 Å². The molecule has 0 unspecified atom stereocenters. The number of carboxylic acid groups (broad SMARTS) is 1. The maximum absolute atomic E-state index is 12.1. The highest BCUT2D eigenvalue weighted by atomic mass is 16.4. The number of amides is 2. The van der Waals surface area contributed by atoms with E-state index in [2.05, 4.69) is 0 Å². The van der Waals surface area contributed by atoms with Gasteiger partial charge >= 0.3 is 5.97 Å². The number of nitrogens with zero attached hydrogens (tertiary/aromatic N) is 1. The van der Waals surface area contributed by atoms with Crippen LogP contribution in [-0.4, -0.2) is 34.8 Å². The maximum atomic E-state index is 12.1. The molecule has 0 spiro atoms. The fourth-order valence-corrected chi connectivity index (χ4v) is 1.73. The maximum Gasteiger partial charge on any atom is 0.331 e. The lowest BCUT2D eigenvalue weighted by Crippen LogP contribution is -2.28. The van der Waals surface area contributed by atoms with E-state index >= 15 is 0 Å². The summed E-state index contributed by atoms with van der Waals surface area (Å²) in [6, 6.07) is 6.57. The highest BCUT2D eigenvalue weighted by Gasteiger charge is 2.16. The molecule has 21 heavy (non-hydrogen) atoms. The summed E-state index contributed by atoms with van der Waals surface area (Å²) < 4.78 is 0. The largest absolute Gasteiger partial charge is 0.478 e. The predicted molar refractivity (Wildman–Crippen MR) is 77.4 cm³/mol. The lowest BCUT2D eigenvalue weighted by atomic mass is 10.1. The molecule has 0 aliphatic carbocycles. The van der Waals surface area contributed by atoms with Gasteiger partial charge in [0.2, 0.25) is 11.8 Å². The van der Waals surface area contributed by atoms with E-state index in [-0.39, 0.29) is 17.1 Å². The Kier molecular flexibility index (Phi) is 5.24. The molecule has 0 fully saturated rings. The van der Waals surface area contributed by atoms with Gasteiger partial charge in [0.25, 0.3) is 0 Å². The third kappa shape index (κ3) is 4.17. The highest BCUT2D eigenvalue weighted by molar-refractivity contribution is 6.01. The molecule has 6 heteroatoms. The van der Waals surface area contributed by atoms with Gasteiger partial charge in [0.05, 0.1) is 0 Å². The molecule has 0 bridgehead atoms. The van der Waals surface area contributed by atoms with Gasteiger partial charge in [-0.1, -0.05) is 12.1 Å². The van der Waals surface area contributed by atoms with Crippen LogP contribution in [0.2, 0.25) is 0 Å². The van der Waals surface area contributed by atoms with Crippen molar-refractivity contribution in [2.45, 2.75) is 20.4 Å². The van der Waals surface area contributed by atoms with Crippen LogP contribution in [0.25, 0.3) is 0 Å². The number of carboxylic acids is 1. The molecular formula is C15H18N2O4. The van der Waals surface area contributed by atoms with Crippen molar-refractivity contribution in [2.24, 2.45) is 5.73 Å². The Hall–Kier alpha value is -2.63. The van der Waals surface area contributed by atoms with Crippen molar-refractivity contribution < 1.29 is 19.5 Å². The van der Waals surface area contributed by atoms with Crippen LogP contribution < -0.4 is 5.73 Å². The van der Waals surface area contributed by atoms with Gasteiger partial charge in [0.15, 0.2) is 0 Å². The van der Waals surface area contributed by atoms with Gasteiger partial charge in [-0.3, -0.25) is 9.59 Å². The monoisotopic (exact) mass is 290 g/mol. The van der Waals surface area contributed by atoms with Crippen LogP contribution in [0.5, 0.6) is 0 Å². The zero-order valence-electron chi connectivity index (χ0n) is 12.2. The number of hydrogen-bond acceptors (Lipinski definition) is 3. The van der Waals surface area contributed by atoms with Crippen LogP contribution in [0.4, 0.5) is 0 Å². The van der Waals surface area contributed by atoms with Gasteiger partial charge in [-0.05, 0) is 31.5 Å². The average Bonchev–Trinajstić information content (AvgIpc) is 2.45. The normalized spacial score (nSPS) is 11.6. The smallest absolute Gasteiger partial charge is 0.331 e. The van der Waals surface area contributed by atoms with Crippen molar-refractivity contribution in [1.82, 2.24) is 4.90 Å². The highest BCUT2D eigenvalue weighted by Crippen LogP contribution is 2.11. The zero-order chi connectivity index (χ0) is 16.2. The molecule has 1 rings (SSSR count). The Balaban J connectivity index is 2.83. The molecule has 0 aliphatic heterocycles. The first-order valence-corrected chi connectivity index (χ1v) is 6.29. The van der Waals surface area contributed by atoms with Crippen molar-refractivity contribution in [2.75, 3.05) is 7.05 Å². The lowest BCUT2D eigenvalue weighted by Gasteiger charge is -2.18. The summed E-state index contributed by atoms with van der Waals surface area (Å²) in [6.45, 7) is 3.19. The summed E-state index contributed by atoms with van der Waals surface area (Å²) in [6.07, 6.45) is 0. The van der Waals surface area contributed by atoms with E-state index < -0.39 is 11.9 Å². The van der Waals surface area contributed by atoms with E-state index in [0.717, 1.165) is 5.56 Å². The standard InChI is InChI=1S/C15H18N2O4/c1-9(10(2)15(20)21)14(19)17(3)8-11-4-6-12(7-5-11)13(16)18/h4-7H,8H2,1-3H3,(H2,16,18)(H,20,21). The number of primary amides is 1. The van der Waals surface area contributed by atoms with E-state index in [4.69, 9.17) is 10.8 Å². The summed E-state index contributed by atoms with van der Waals surface area (Å²) in [5, 5.41) is 8.88. The van der Waals surface area contributed by atoms with E-state index in [1.165, 1.54) is 18.7 Å². The van der Waals surface area contributed by atoms with E-state index in [9.17, 15) is 14.4 Å². The molecule has 1 aromatic carbocycles. The summed E-state index contributed by atoms with van der Waals surface area (Å²) in [5.74, 6) is -1.98. The number of carbonyl (C=O) groups is 3. The molecule has 0 atom stereocenters. The molecule has 0 aromatic heterocycles. The summed E-state index contributed by atoms with van der Waals surface area (Å²) >= 11 is 0. The fraction of sp³-hybridized carbons (Fsp3) is 0.267. The van der Waals surface area contributed by atoms with E-state index in [0.29, 0.717) is 12.1 Å². The summed E-state index contributed by atoms with van der Waals surface area (Å²) in [4.78, 5) is 35.3. The second-order valence-corrected chi connectivity index (χ2v) is 4.78. The molecule has 0 heterocycles. The summed E-state index contributed by atoms with van der Waals surface area (Å²) in [7, 11) is 1.59. The number of likely N-dealkylation sites (N-methyl/N-ethyl adjacent to an activating group) is 1. The predicted octanol–water partition coefficient (Wildman–Crippen LogP) is 1.16. The number of nitrogens with two attached hydrogens (primary N) is 1. The average molecular weight is 290 g/mol. The zero-order valence-corrected chi connectivity index (χ0v) is 12.2. The first-order valence-electron chi connectivity index (χ1n) is 6.29. The van der Waals surface area contributed by atoms with Crippen LogP contribution in [-0.2, 0) is 16.1 Å². The van der Waals surface area contributed by atoms with Gasteiger partial charge in [0.1, 0.15) is 0 Å². The minimum atomic E-state index is -1.11. The van der Waals surface area contributed by atoms with Gasteiger partial charge in [-0.2, -0.15) is 0 Å². The van der Waals surface area contributed by atoms with Gasteiger partial charge in [-0.15, -0.1) is 0 Å². The first-order chi connectivity index (χ1) is 9.73. The van der Waals surface area contributed by atoms with Crippen molar-refractivity contribution in [3.63, 3.8) is 0 Å². The molecule has 6 nitrogen and oxygen atoms in total. The van der Waals surface area contributed by atoms with Gasteiger partial charge < -0.3 is 15.7 Å². The SMILES string of the molecule is CC(C(=O)O)=C(C)C(=O)N(C)Cc1ccc(C(N)=O)cc1.